The quantitative estimate of drug-likeness (QED) is 0.684. The highest BCUT2D eigenvalue weighted by Crippen LogP contribution is 2.27. The summed E-state index contributed by atoms with van der Waals surface area (Å²) in [7, 11) is 1.61. The van der Waals surface area contributed by atoms with E-state index in [2.05, 4.69) is 21.2 Å². The zero-order chi connectivity index (χ0) is 18.4. The Balaban J connectivity index is 2.25. The summed E-state index contributed by atoms with van der Waals surface area (Å²) >= 11 is 3.47. The molecule has 0 aromatic heterocycles. The number of rotatable bonds is 6. The Bertz CT molecular complexity index is 752. The van der Waals surface area contributed by atoms with Crippen molar-refractivity contribution in [3.8, 4) is 5.75 Å². The van der Waals surface area contributed by atoms with E-state index in [-0.39, 0.29) is 6.04 Å². The molecule has 3 amide bonds. The Morgan fingerprint density at radius 3 is 2.40 bits per heavy atom. The molecule has 0 saturated carbocycles. The minimum atomic E-state index is -0.862. The van der Waals surface area contributed by atoms with Crippen molar-refractivity contribution in [2.75, 3.05) is 7.11 Å². The number of hydrogen-bond donors (Lipinski definition) is 3. The van der Waals surface area contributed by atoms with Crippen LogP contribution in [0.25, 0.3) is 0 Å². The molecule has 0 saturated heterocycles. The number of halogens is 1. The molecule has 132 valence electrons. The number of amides is 3. The average Bonchev–Trinajstić information content (AvgIpc) is 2.59. The Kier molecular flexibility index (Phi) is 6.55. The lowest BCUT2D eigenvalue weighted by molar-refractivity contribution is -0.719. The van der Waals surface area contributed by atoms with Crippen LogP contribution in [0.1, 0.15) is 30.1 Å². The average molecular weight is 407 g/mol. The first-order chi connectivity index (χ1) is 11.9. The Morgan fingerprint density at radius 2 is 1.84 bits per heavy atom. The van der Waals surface area contributed by atoms with Crippen molar-refractivity contribution < 1.29 is 19.6 Å². The van der Waals surface area contributed by atoms with Gasteiger partial charge < -0.3 is 15.8 Å². The SMILES string of the molecule is COc1ccc([C@H](C)[NH2+][C@H](C(=O)NC(N)=O)c2ccccc2)cc1Br. The summed E-state index contributed by atoms with van der Waals surface area (Å²) in [6, 6.07) is 13.5. The number of hydrogen-bond acceptors (Lipinski definition) is 3. The van der Waals surface area contributed by atoms with Gasteiger partial charge in [0, 0.05) is 11.1 Å². The lowest BCUT2D eigenvalue weighted by Gasteiger charge is -2.20. The summed E-state index contributed by atoms with van der Waals surface area (Å²) in [4.78, 5) is 23.5. The van der Waals surface area contributed by atoms with E-state index >= 15 is 0 Å². The lowest BCUT2D eigenvalue weighted by Crippen LogP contribution is -2.88. The van der Waals surface area contributed by atoms with Crippen LogP contribution in [0.3, 0.4) is 0 Å². The zero-order valence-corrected chi connectivity index (χ0v) is 15.6. The van der Waals surface area contributed by atoms with Gasteiger partial charge in [-0.2, -0.15) is 0 Å². The third-order valence-electron chi connectivity index (χ3n) is 3.87. The van der Waals surface area contributed by atoms with Crippen molar-refractivity contribution >= 4 is 27.9 Å². The van der Waals surface area contributed by atoms with Crippen molar-refractivity contribution in [3.63, 3.8) is 0 Å². The molecule has 7 heteroatoms. The number of methoxy groups -OCH3 is 1. The van der Waals surface area contributed by atoms with E-state index in [1.807, 2.05) is 60.8 Å². The van der Waals surface area contributed by atoms with Crippen LogP contribution in [0.2, 0.25) is 0 Å². The van der Waals surface area contributed by atoms with Crippen molar-refractivity contribution in [2.24, 2.45) is 5.73 Å². The van der Waals surface area contributed by atoms with Gasteiger partial charge in [-0.05, 0) is 41.1 Å². The Morgan fingerprint density at radius 1 is 1.16 bits per heavy atom. The summed E-state index contributed by atoms with van der Waals surface area (Å²) in [5, 5.41) is 4.06. The number of primary amides is 1. The molecule has 2 aromatic carbocycles. The molecule has 2 atom stereocenters. The standard InChI is InChI=1S/C18H20BrN3O3/c1-11(13-8-9-15(25-2)14(19)10-13)21-16(17(23)22-18(20)24)12-6-4-3-5-7-12/h3-11,16,21H,1-2H3,(H3,20,22,23,24)/p+1/t11-,16-/m0/s1. The minimum Gasteiger partial charge on any atom is -0.496 e. The molecule has 0 heterocycles. The van der Waals surface area contributed by atoms with Gasteiger partial charge in [-0.25, -0.2) is 4.79 Å². The van der Waals surface area contributed by atoms with E-state index in [9.17, 15) is 9.59 Å². The second kappa shape index (κ2) is 8.64. The van der Waals surface area contributed by atoms with Gasteiger partial charge in [0.1, 0.15) is 11.8 Å². The fourth-order valence-electron chi connectivity index (χ4n) is 2.58. The zero-order valence-electron chi connectivity index (χ0n) is 14.0. The van der Waals surface area contributed by atoms with Gasteiger partial charge in [0.2, 0.25) is 0 Å². The van der Waals surface area contributed by atoms with Gasteiger partial charge in [-0.1, -0.05) is 30.3 Å². The lowest BCUT2D eigenvalue weighted by atomic mass is 10.0. The fourth-order valence-corrected chi connectivity index (χ4v) is 3.13. The number of quaternary nitrogens is 1. The smallest absolute Gasteiger partial charge is 0.319 e. The van der Waals surface area contributed by atoms with E-state index in [4.69, 9.17) is 10.5 Å². The van der Waals surface area contributed by atoms with Crippen LogP contribution in [0.4, 0.5) is 4.79 Å². The maximum Gasteiger partial charge on any atom is 0.319 e. The normalized spacial score (nSPS) is 12.9. The molecule has 0 radical (unpaired) electrons. The highest BCUT2D eigenvalue weighted by atomic mass is 79.9. The molecule has 0 unspecified atom stereocenters. The van der Waals surface area contributed by atoms with Gasteiger partial charge >= 0.3 is 6.03 Å². The second-order valence-corrected chi connectivity index (χ2v) is 6.47. The number of nitrogens with two attached hydrogens (primary N) is 2. The maximum atomic E-state index is 12.4. The van der Waals surface area contributed by atoms with Crippen molar-refractivity contribution in [1.82, 2.24) is 5.32 Å². The second-order valence-electron chi connectivity index (χ2n) is 5.62. The summed E-state index contributed by atoms with van der Waals surface area (Å²) in [6.45, 7) is 1.99. The molecule has 0 bridgehead atoms. The molecule has 6 nitrogen and oxygen atoms in total. The van der Waals surface area contributed by atoms with Crippen LogP contribution < -0.4 is 21.1 Å². The van der Waals surface area contributed by atoms with Crippen LogP contribution in [-0.2, 0) is 4.79 Å². The molecular formula is C18H21BrN3O3+. The summed E-state index contributed by atoms with van der Waals surface area (Å²) < 4.78 is 6.08. The molecule has 2 aromatic rings. The molecular weight excluding hydrogens is 386 g/mol. The van der Waals surface area contributed by atoms with E-state index in [0.29, 0.717) is 0 Å². The Hall–Kier alpha value is -2.38. The van der Waals surface area contributed by atoms with Crippen LogP contribution in [0.5, 0.6) is 5.75 Å². The highest BCUT2D eigenvalue weighted by molar-refractivity contribution is 9.10. The van der Waals surface area contributed by atoms with Crippen molar-refractivity contribution in [1.29, 1.82) is 0 Å². The highest BCUT2D eigenvalue weighted by Gasteiger charge is 2.28. The van der Waals surface area contributed by atoms with Crippen LogP contribution in [0, 0.1) is 0 Å². The number of carbonyl (C=O) groups excluding carboxylic acids is 2. The first-order valence-corrected chi connectivity index (χ1v) is 8.55. The van der Waals surface area contributed by atoms with Crippen LogP contribution in [-0.4, -0.2) is 19.0 Å². The van der Waals surface area contributed by atoms with E-state index in [1.165, 1.54) is 0 Å². The van der Waals surface area contributed by atoms with E-state index in [1.54, 1.807) is 7.11 Å². The van der Waals surface area contributed by atoms with Gasteiger partial charge in [-0.3, -0.25) is 10.1 Å². The number of nitrogens with one attached hydrogen (secondary N) is 1. The summed E-state index contributed by atoms with van der Waals surface area (Å²) in [5.41, 5.74) is 6.90. The van der Waals surface area contributed by atoms with Gasteiger partial charge in [0.15, 0.2) is 6.04 Å². The molecule has 25 heavy (non-hydrogen) atoms. The van der Waals surface area contributed by atoms with Gasteiger partial charge in [0.05, 0.1) is 11.6 Å². The first kappa shape index (κ1) is 19.0. The molecule has 2 rings (SSSR count). The fraction of sp³-hybridized carbons (Fsp3) is 0.222. The van der Waals surface area contributed by atoms with Crippen LogP contribution in [0.15, 0.2) is 53.0 Å². The monoisotopic (exact) mass is 406 g/mol. The molecule has 0 aliphatic carbocycles. The summed E-state index contributed by atoms with van der Waals surface area (Å²) in [5.74, 6) is 0.292. The first-order valence-electron chi connectivity index (χ1n) is 7.76. The maximum absolute atomic E-state index is 12.4. The predicted molar refractivity (Wildman–Crippen MR) is 97.9 cm³/mol. The molecule has 0 aliphatic rings. The third-order valence-corrected chi connectivity index (χ3v) is 4.49. The van der Waals surface area contributed by atoms with Gasteiger partial charge in [0.25, 0.3) is 5.91 Å². The van der Waals surface area contributed by atoms with Crippen molar-refractivity contribution in [2.45, 2.75) is 19.0 Å². The Labute approximate surface area is 154 Å². The van der Waals surface area contributed by atoms with E-state index < -0.39 is 18.0 Å². The predicted octanol–water partition coefficient (Wildman–Crippen LogP) is 2.02. The largest absolute Gasteiger partial charge is 0.496 e. The summed E-state index contributed by atoms with van der Waals surface area (Å²) in [6.07, 6.45) is 0. The van der Waals surface area contributed by atoms with Crippen molar-refractivity contribution in [3.05, 3.63) is 64.1 Å². The number of urea groups is 1. The molecule has 0 fully saturated rings. The molecule has 0 aliphatic heterocycles. The van der Waals surface area contributed by atoms with Gasteiger partial charge in [-0.15, -0.1) is 0 Å². The topological polar surface area (TPSA) is 98.0 Å². The number of imide groups is 1. The van der Waals surface area contributed by atoms with Crippen LogP contribution >= 0.6 is 15.9 Å². The molecule has 5 N–H and O–H groups in total. The minimum absolute atomic E-state index is 0.0361. The number of ether oxygens (including phenoxy) is 1. The number of carbonyl (C=O) groups is 2. The third kappa shape index (κ3) is 5.04. The van der Waals surface area contributed by atoms with E-state index in [0.717, 1.165) is 21.3 Å². The number of benzene rings is 2. The molecule has 0 spiro atoms.